The van der Waals surface area contributed by atoms with Gasteiger partial charge in [0, 0.05) is 11.5 Å². The maximum absolute atomic E-state index is 10.6. The molecule has 0 spiro atoms. The molecule has 0 radical (unpaired) electrons. The first kappa shape index (κ1) is 12.2. The Morgan fingerprint density at radius 3 is 2.89 bits per heavy atom. The SMILES string of the molecule is CC1(C)Oc2ccccc2[C@@H](O)[C@@H]1Cn1cncn1. The van der Waals surface area contributed by atoms with Crippen molar-refractivity contribution in [2.45, 2.75) is 32.1 Å². The number of hydrogen-bond acceptors (Lipinski definition) is 4. The molecule has 3 rings (SSSR count). The van der Waals surface area contributed by atoms with E-state index in [9.17, 15) is 5.11 Å². The molecule has 0 saturated carbocycles. The topological polar surface area (TPSA) is 60.2 Å². The van der Waals surface area contributed by atoms with Crippen LogP contribution in [0.15, 0.2) is 36.9 Å². The Labute approximate surface area is 111 Å². The van der Waals surface area contributed by atoms with Gasteiger partial charge in [0.05, 0.1) is 12.6 Å². The minimum atomic E-state index is -0.566. The van der Waals surface area contributed by atoms with E-state index in [1.165, 1.54) is 6.33 Å². The van der Waals surface area contributed by atoms with E-state index in [1.807, 2.05) is 38.1 Å². The van der Waals surface area contributed by atoms with Crippen LogP contribution in [0.25, 0.3) is 0 Å². The molecule has 0 unspecified atom stereocenters. The normalized spacial score (nSPS) is 24.6. The number of nitrogens with zero attached hydrogens (tertiary/aromatic N) is 3. The van der Waals surface area contributed by atoms with Crippen LogP contribution in [0.3, 0.4) is 0 Å². The molecule has 1 aromatic heterocycles. The zero-order valence-electron chi connectivity index (χ0n) is 11.0. The monoisotopic (exact) mass is 259 g/mol. The maximum atomic E-state index is 10.6. The number of aliphatic hydroxyl groups is 1. The van der Waals surface area contributed by atoms with Crippen LogP contribution in [-0.4, -0.2) is 25.5 Å². The Morgan fingerprint density at radius 1 is 1.37 bits per heavy atom. The van der Waals surface area contributed by atoms with Gasteiger partial charge in [-0.25, -0.2) is 4.98 Å². The van der Waals surface area contributed by atoms with E-state index >= 15 is 0 Å². The molecular weight excluding hydrogens is 242 g/mol. The molecule has 2 aromatic rings. The van der Waals surface area contributed by atoms with Gasteiger partial charge in [-0.3, -0.25) is 4.68 Å². The van der Waals surface area contributed by atoms with Crippen LogP contribution in [0.2, 0.25) is 0 Å². The van der Waals surface area contributed by atoms with E-state index in [-0.39, 0.29) is 5.92 Å². The van der Waals surface area contributed by atoms with Crippen molar-refractivity contribution >= 4 is 0 Å². The molecule has 0 amide bonds. The molecule has 5 nitrogen and oxygen atoms in total. The molecule has 100 valence electrons. The summed E-state index contributed by atoms with van der Waals surface area (Å²) in [6.07, 6.45) is 2.59. The second kappa shape index (κ2) is 4.35. The standard InChI is InChI=1S/C14H17N3O2/c1-14(2)11(7-17-9-15-8-16-17)13(18)10-5-3-4-6-12(10)19-14/h3-6,8-9,11,13,18H,7H2,1-2H3/t11-,13+/m0/s1. The van der Waals surface area contributed by atoms with Crippen molar-refractivity contribution in [2.24, 2.45) is 5.92 Å². The van der Waals surface area contributed by atoms with Crippen LogP contribution in [0.4, 0.5) is 0 Å². The van der Waals surface area contributed by atoms with Gasteiger partial charge in [-0.2, -0.15) is 5.10 Å². The van der Waals surface area contributed by atoms with Crippen molar-refractivity contribution in [3.63, 3.8) is 0 Å². The number of fused-ring (bicyclic) bond motifs is 1. The van der Waals surface area contributed by atoms with Crippen molar-refractivity contribution in [2.75, 3.05) is 0 Å². The summed E-state index contributed by atoms with van der Waals surface area (Å²) in [7, 11) is 0. The van der Waals surface area contributed by atoms with Crippen molar-refractivity contribution in [3.8, 4) is 5.75 Å². The highest BCUT2D eigenvalue weighted by Gasteiger charge is 2.43. The molecule has 0 aliphatic carbocycles. The molecule has 5 heteroatoms. The first-order valence-corrected chi connectivity index (χ1v) is 6.36. The van der Waals surface area contributed by atoms with Crippen LogP contribution < -0.4 is 4.74 Å². The lowest BCUT2D eigenvalue weighted by Crippen LogP contribution is -2.46. The number of para-hydroxylation sites is 1. The van der Waals surface area contributed by atoms with Gasteiger partial charge in [0.2, 0.25) is 0 Å². The second-order valence-corrected chi connectivity index (χ2v) is 5.41. The molecule has 1 aliphatic rings. The van der Waals surface area contributed by atoms with Gasteiger partial charge in [-0.05, 0) is 19.9 Å². The summed E-state index contributed by atoms with van der Waals surface area (Å²) in [6.45, 7) is 4.56. The summed E-state index contributed by atoms with van der Waals surface area (Å²) in [5.41, 5.74) is 0.381. The van der Waals surface area contributed by atoms with Crippen LogP contribution >= 0.6 is 0 Å². The van der Waals surface area contributed by atoms with Crippen molar-refractivity contribution in [1.82, 2.24) is 14.8 Å². The predicted molar refractivity (Wildman–Crippen MR) is 69.6 cm³/mol. The number of hydrogen-bond donors (Lipinski definition) is 1. The quantitative estimate of drug-likeness (QED) is 0.893. The van der Waals surface area contributed by atoms with E-state index in [1.54, 1.807) is 11.0 Å². The van der Waals surface area contributed by atoms with Gasteiger partial charge in [-0.15, -0.1) is 0 Å². The summed E-state index contributed by atoms with van der Waals surface area (Å²) in [5.74, 6) is 0.680. The van der Waals surface area contributed by atoms with Crippen LogP contribution in [0.1, 0.15) is 25.5 Å². The summed E-state index contributed by atoms with van der Waals surface area (Å²) in [4.78, 5) is 3.93. The highest BCUT2D eigenvalue weighted by Crippen LogP contribution is 2.43. The average Bonchev–Trinajstić information content (AvgIpc) is 2.87. The molecule has 1 aromatic carbocycles. The van der Waals surface area contributed by atoms with Crippen molar-refractivity contribution in [1.29, 1.82) is 0 Å². The molecule has 19 heavy (non-hydrogen) atoms. The van der Waals surface area contributed by atoms with Crippen LogP contribution in [-0.2, 0) is 6.54 Å². The largest absolute Gasteiger partial charge is 0.487 e. The smallest absolute Gasteiger partial charge is 0.137 e. The van der Waals surface area contributed by atoms with Crippen LogP contribution in [0, 0.1) is 5.92 Å². The number of benzene rings is 1. The maximum Gasteiger partial charge on any atom is 0.137 e. The van der Waals surface area contributed by atoms with E-state index < -0.39 is 11.7 Å². The van der Waals surface area contributed by atoms with Crippen molar-refractivity contribution in [3.05, 3.63) is 42.5 Å². The fourth-order valence-corrected chi connectivity index (χ4v) is 2.62. The molecule has 0 saturated heterocycles. The van der Waals surface area contributed by atoms with E-state index in [0.29, 0.717) is 6.54 Å². The fraction of sp³-hybridized carbons (Fsp3) is 0.429. The molecule has 2 heterocycles. The summed E-state index contributed by atoms with van der Waals surface area (Å²) < 4.78 is 7.76. The zero-order valence-corrected chi connectivity index (χ0v) is 11.0. The molecule has 0 fully saturated rings. The molecular formula is C14H17N3O2. The zero-order chi connectivity index (χ0) is 13.5. The van der Waals surface area contributed by atoms with E-state index in [4.69, 9.17) is 4.74 Å². The first-order chi connectivity index (χ1) is 9.08. The first-order valence-electron chi connectivity index (χ1n) is 6.36. The molecule has 1 aliphatic heterocycles. The van der Waals surface area contributed by atoms with E-state index in [0.717, 1.165) is 11.3 Å². The predicted octanol–water partition coefficient (Wildman–Crippen LogP) is 1.80. The third-order valence-corrected chi connectivity index (χ3v) is 3.74. The van der Waals surface area contributed by atoms with Crippen LogP contribution in [0.5, 0.6) is 5.75 Å². The third-order valence-electron chi connectivity index (χ3n) is 3.74. The fourth-order valence-electron chi connectivity index (χ4n) is 2.62. The summed E-state index contributed by atoms with van der Waals surface area (Å²) in [6, 6.07) is 7.63. The number of rotatable bonds is 2. The number of aromatic nitrogens is 3. The number of ether oxygens (including phenoxy) is 1. The molecule has 2 atom stereocenters. The van der Waals surface area contributed by atoms with Gasteiger partial charge >= 0.3 is 0 Å². The van der Waals surface area contributed by atoms with Gasteiger partial charge in [0.15, 0.2) is 0 Å². The lowest BCUT2D eigenvalue weighted by atomic mass is 9.80. The second-order valence-electron chi connectivity index (χ2n) is 5.41. The van der Waals surface area contributed by atoms with Gasteiger partial charge < -0.3 is 9.84 Å². The van der Waals surface area contributed by atoms with Gasteiger partial charge in [0.1, 0.15) is 24.0 Å². The summed E-state index contributed by atoms with van der Waals surface area (Å²) >= 11 is 0. The van der Waals surface area contributed by atoms with E-state index in [2.05, 4.69) is 10.1 Å². The minimum absolute atomic E-state index is 0.0795. The Hall–Kier alpha value is -1.88. The molecule has 0 bridgehead atoms. The Balaban J connectivity index is 1.95. The highest BCUT2D eigenvalue weighted by molar-refractivity contribution is 5.38. The minimum Gasteiger partial charge on any atom is -0.487 e. The highest BCUT2D eigenvalue weighted by atomic mass is 16.5. The third kappa shape index (κ3) is 2.10. The van der Waals surface area contributed by atoms with Gasteiger partial charge in [0.25, 0.3) is 0 Å². The lowest BCUT2D eigenvalue weighted by Gasteiger charge is -2.42. The van der Waals surface area contributed by atoms with Crippen molar-refractivity contribution < 1.29 is 9.84 Å². The number of aliphatic hydroxyl groups excluding tert-OH is 1. The molecule has 1 N–H and O–H groups in total. The van der Waals surface area contributed by atoms with Gasteiger partial charge in [-0.1, -0.05) is 18.2 Å². The lowest BCUT2D eigenvalue weighted by molar-refractivity contribution is -0.0623. The Morgan fingerprint density at radius 2 is 2.16 bits per heavy atom. The average molecular weight is 259 g/mol. The Bertz CT molecular complexity index is 566. The summed E-state index contributed by atoms with van der Waals surface area (Å²) in [5, 5.41) is 14.7. The Kier molecular flexibility index (Phi) is 2.78.